The molecule has 0 saturated carbocycles. The minimum absolute atomic E-state index is 0.376. The molecule has 1 saturated heterocycles. The molecule has 2 N–H and O–H groups in total. The summed E-state index contributed by atoms with van der Waals surface area (Å²) in [5.74, 6) is 0. The van der Waals surface area contributed by atoms with Crippen LogP contribution in [0.15, 0.2) is 18.2 Å². The molecular weight excluding hydrogens is 208 g/mol. The number of hydrogen-bond acceptors (Lipinski definition) is 2. The molecule has 1 aliphatic heterocycles. The highest BCUT2D eigenvalue weighted by Gasteiger charge is 2.17. The van der Waals surface area contributed by atoms with E-state index < -0.39 is 0 Å². The molecule has 1 heterocycles. The Morgan fingerprint density at radius 1 is 1.33 bits per heavy atom. The van der Waals surface area contributed by atoms with Gasteiger partial charge >= 0.3 is 0 Å². The predicted molar refractivity (Wildman–Crippen MR) is 65.6 cm³/mol. The van der Waals surface area contributed by atoms with E-state index >= 15 is 0 Å². The normalized spacial score (nSPS) is 18.2. The number of halogens is 1. The van der Waals surface area contributed by atoms with E-state index in [1.165, 1.54) is 11.3 Å². The lowest BCUT2D eigenvalue weighted by molar-refractivity contribution is 0.501. The number of hydrogen-bond donors (Lipinski definition) is 1. The van der Waals surface area contributed by atoms with E-state index in [9.17, 15) is 0 Å². The largest absolute Gasteiger partial charge is 0.371 e. The highest BCUT2D eigenvalue weighted by Crippen LogP contribution is 2.26. The Bertz CT molecular complexity index is 343. The quantitative estimate of drug-likeness (QED) is 0.795. The Kier molecular flexibility index (Phi) is 3.17. The van der Waals surface area contributed by atoms with Gasteiger partial charge in [0.05, 0.1) is 0 Å². The Labute approximate surface area is 96.0 Å². The molecule has 0 unspecified atom stereocenters. The molecule has 2 rings (SSSR count). The third-order valence-corrected chi connectivity index (χ3v) is 3.29. The summed E-state index contributed by atoms with van der Waals surface area (Å²) in [5.41, 5.74) is 8.44. The van der Waals surface area contributed by atoms with Gasteiger partial charge in [-0.1, -0.05) is 17.7 Å². The first-order valence-corrected chi connectivity index (χ1v) is 5.81. The molecule has 15 heavy (non-hydrogen) atoms. The van der Waals surface area contributed by atoms with Gasteiger partial charge in [-0.2, -0.15) is 0 Å². The second kappa shape index (κ2) is 4.42. The first-order valence-electron chi connectivity index (χ1n) is 5.43. The van der Waals surface area contributed by atoms with Crippen molar-refractivity contribution in [1.29, 1.82) is 0 Å². The maximum atomic E-state index is 6.01. The molecule has 2 nitrogen and oxygen atoms in total. The lowest BCUT2D eigenvalue weighted by atomic mass is 10.0. The Morgan fingerprint density at radius 2 is 2.00 bits per heavy atom. The molecule has 1 fully saturated rings. The van der Waals surface area contributed by atoms with Gasteiger partial charge in [0.1, 0.15) is 0 Å². The number of piperidine rings is 1. The minimum atomic E-state index is 0.376. The van der Waals surface area contributed by atoms with Gasteiger partial charge in [-0.05, 0) is 37.5 Å². The van der Waals surface area contributed by atoms with Crippen LogP contribution in [-0.4, -0.2) is 19.1 Å². The van der Waals surface area contributed by atoms with Crippen LogP contribution in [0.4, 0.5) is 5.69 Å². The highest BCUT2D eigenvalue weighted by molar-refractivity contribution is 6.30. The fraction of sp³-hybridized carbons (Fsp3) is 0.500. The van der Waals surface area contributed by atoms with Crippen LogP contribution >= 0.6 is 11.6 Å². The number of benzene rings is 1. The second-order valence-corrected chi connectivity index (χ2v) is 4.69. The SMILES string of the molecule is Cc1ccc(Cl)cc1N1CCC(N)CC1. The smallest absolute Gasteiger partial charge is 0.0426 e. The highest BCUT2D eigenvalue weighted by atomic mass is 35.5. The van der Waals surface area contributed by atoms with Gasteiger partial charge in [-0.25, -0.2) is 0 Å². The van der Waals surface area contributed by atoms with Crippen molar-refractivity contribution in [3.05, 3.63) is 28.8 Å². The average Bonchev–Trinajstić information content (AvgIpc) is 2.23. The van der Waals surface area contributed by atoms with Crippen LogP contribution in [0.3, 0.4) is 0 Å². The summed E-state index contributed by atoms with van der Waals surface area (Å²) in [6.07, 6.45) is 2.15. The van der Waals surface area contributed by atoms with Crippen LogP contribution in [0.1, 0.15) is 18.4 Å². The van der Waals surface area contributed by atoms with Gasteiger partial charge in [0.2, 0.25) is 0 Å². The van der Waals surface area contributed by atoms with Gasteiger partial charge in [-0.15, -0.1) is 0 Å². The van der Waals surface area contributed by atoms with E-state index in [1.807, 2.05) is 12.1 Å². The van der Waals surface area contributed by atoms with Gasteiger partial charge in [-0.3, -0.25) is 0 Å². The molecule has 3 heteroatoms. The number of anilines is 1. The monoisotopic (exact) mass is 224 g/mol. The van der Waals surface area contributed by atoms with Crippen LogP contribution in [0.5, 0.6) is 0 Å². The van der Waals surface area contributed by atoms with Crippen molar-refractivity contribution in [1.82, 2.24) is 0 Å². The van der Waals surface area contributed by atoms with Crippen LogP contribution in [-0.2, 0) is 0 Å². The van der Waals surface area contributed by atoms with Crippen molar-refractivity contribution in [2.75, 3.05) is 18.0 Å². The van der Waals surface area contributed by atoms with Crippen molar-refractivity contribution < 1.29 is 0 Å². The zero-order valence-corrected chi connectivity index (χ0v) is 9.80. The Balaban J connectivity index is 2.18. The van der Waals surface area contributed by atoms with Crippen molar-refractivity contribution in [2.24, 2.45) is 5.73 Å². The van der Waals surface area contributed by atoms with Crippen molar-refractivity contribution in [2.45, 2.75) is 25.8 Å². The lowest BCUT2D eigenvalue weighted by Gasteiger charge is -2.33. The molecular formula is C12H17ClN2. The average molecular weight is 225 g/mol. The number of nitrogens with two attached hydrogens (primary N) is 1. The molecule has 0 bridgehead atoms. The molecule has 0 aliphatic carbocycles. The molecule has 1 aromatic carbocycles. The number of aryl methyl sites for hydroxylation is 1. The summed E-state index contributed by atoms with van der Waals surface area (Å²) < 4.78 is 0. The van der Waals surface area contributed by atoms with E-state index in [1.54, 1.807) is 0 Å². The molecule has 0 aromatic heterocycles. The maximum Gasteiger partial charge on any atom is 0.0426 e. The molecule has 0 amide bonds. The molecule has 1 aromatic rings. The van der Waals surface area contributed by atoms with Crippen molar-refractivity contribution >= 4 is 17.3 Å². The third kappa shape index (κ3) is 2.44. The summed E-state index contributed by atoms with van der Waals surface area (Å²) in [6.45, 7) is 4.21. The van der Waals surface area contributed by atoms with Crippen molar-refractivity contribution in [3.8, 4) is 0 Å². The first-order chi connectivity index (χ1) is 7.16. The summed E-state index contributed by atoms with van der Waals surface area (Å²) in [4.78, 5) is 2.38. The van der Waals surface area contributed by atoms with Gasteiger partial charge in [0, 0.05) is 29.8 Å². The number of nitrogens with zero attached hydrogens (tertiary/aromatic N) is 1. The van der Waals surface area contributed by atoms with Crippen LogP contribution in [0.25, 0.3) is 0 Å². The summed E-state index contributed by atoms with van der Waals surface area (Å²) in [7, 11) is 0. The Hall–Kier alpha value is -0.730. The number of rotatable bonds is 1. The summed E-state index contributed by atoms with van der Waals surface area (Å²) in [5, 5.41) is 0.811. The second-order valence-electron chi connectivity index (χ2n) is 4.26. The van der Waals surface area contributed by atoms with Gasteiger partial charge < -0.3 is 10.6 Å². The van der Waals surface area contributed by atoms with Crippen LogP contribution in [0, 0.1) is 6.92 Å². The maximum absolute atomic E-state index is 6.01. The fourth-order valence-corrected chi connectivity index (χ4v) is 2.23. The third-order valence-electron chi connectivity index (χ3n) is 3.05. The van der Waals surface area contributed by atoms with E-state index in [-0.39, 0.29) is 0 Å². The van der Waals surface area contributed by atoms with E-state index in [0.29, 0.717) is 6.04 Å². The fourth-order valence-electron chi connectivity index (χ4n) is 2.06. The van der Waals surface area contributed by atoms with Gasteiger partial charge in [0.25, 0.3) is 0 Å². The summed E-state index contributed by atoms with van der Waals surface area (Å²) >= 11 is 6.01. The van der Waals surface area contributed by atoms with E-state index in [2.05, 4.69) is 17.9 Å². The lowest BCUT2D eigenvalue weighted by Crippen LogP contribution is -2.39. The molecule has 82 valence electrons. The zero-order valence-electron chi connectivity index (χ0n) is 9.04. The predicted octanol–water partition coefficient (Wildman–Crippen LogP) is 2.58. The molecule has 0 spiro atoms. The molecule has 1 aliphatic rings. The molecule has 0 radical (unpaired) electrons. The van der Waals surface area contributed by atoms with Crippen LogP contribution in [0.2, 0.25) is 5.02 Å². The van der Waals surface area contributed by atoms with Gasteiger partial charge in [0.15, 0.2) is 0 Å². The Morgan fingerprint density at radius 3 is 2.67 bits per heavy atom. The first kappa shape index (κ1) is 10.8. The van der Waals surface area contributed by atoms with Crippen LogP contribution < -0.4 is 10.6 Å². The van der Waals surface area contributed by atoms with E-state index in [4.69, 9.17) is 17.3 Å². The topological polar surface area (TPSA) is 29.3 Å². The molecule has 0 atom stereocenters. The van der Waals surface area contributed by atoms with Crippen molar-refractivity contribution in [3.63, 3.8) is 0 Å². The van der Waals surface area contributed by atoms with E-state index in [0.717, 1.165) is 31.0 Å². The standard InChI is InChI=1S/C12H17ClN2/c1-9-2-3-10(13)8-12(9)15-6-4-11(14)5-7-15/h2-3,8,11H,4-7,14H2,1H3. The summed E-state index contributed by atoms with van der Waals surface area (Å²) in [6, 6.07) is 6.44. The minimum Gasteiger partial charge on any atom is -0.371 e. The zero-order chi connectivity index (χ0) is 10.8.